The molecule has 0 N–H and O–H groups in total. The van der Waals surface area contributed by atoms with E-state index >= 15 is 0 Å². The number of rotatable bonds is 48. The van der Waals surface area contributed by atoms with Crippen molar-refractivity contribution in [3.8, 4) is 0 Å². The van der Waals surface area contributed by atoms with Crippen molar-refractivity contribution in [2.24, 2.45) is 0 Å². The minimum absolute atomic E-state index is 0. The van der Waals surface area contributed by atoms with Gasteiger partial charge in [-0.3, -0.25) is 0 Å². The second-order valence-electron chi connectivity index (χ2n) is 17.8. The van der Waals surface area contributed by atoms with E-state index in [2.05, 4.69) is 25.7 Å². The Bertz CT molecular complexity index is 656. The molecule has 0 amide bonds. The topological polar surface area (TPSA) is 43.4 Å². The first-order valence-electron chi connectivity index (χ1n) is 25.6. The molecule has 0 spiro atoms. The molecule has 4 heteroatoms. The molecule has 1 atom stereocenters. The van der Waals surface area contributed by atoms with E-state index in [4.69, 9.17) is 0 Å². The SMILES string of the molecule is CCCCCCCCCCCCCCCCCCCCCCCN(CCCCCCCCCCCCCCCCCCCCCCC)C(CC)CC(=O)[O-].[K+]. The third-order valence-electron chi connectivity index (χ3n) is 12.5. The maximum atomic E-state index is 11.5. The van der Waals surface area contributed by atoms with Gasteiger partial charge in [-0.2, -0.15) is 0 Å². The van der Waals surface area contributed by atoms with Gasteiger partial charge in [0.2, 0.25) is 0 Å². The Morgan fingerprint density at radius 2 is 0.527 bits per heavy atom. The van der Waals surface area contributed by atoms with Crippen LogP contribution < -0.4 is 56.5 Å². The zero-order valence-electron chi connectivity index (χ0n) is 38.9. The molecule has 0 bridgehead atoms. The van der Waals surface area contributed by atoms with Crippen molar-refractivity contribution in [2.45, 2.75) is 309 Å². The van der Waals surface area contributed by atoms with E-state index in [1.54, 1.807) is 0 Å². The second-order valence-corrected chi connectivity index (χ2v) is 17.8. The quantitative estimate of drug-likeness (QED) is 0.0455. The number of unbranched alkanes of at least 4 members (excludes halogenated alkanes) is 40. The molecule has 0 aliphatic carbocycles. The largest absolute Gasteiger partial charge is 1.00 e. The van der Waals surface area contributed by atoms with Crippen LogP contribution >= 0.6 is 0 Å². The Morgan fingerprint density at radius 1 is 0.345 bits per heavy atom. The van der Waals surface area contributed by atoms with Crippen LogP contribution in [0.3, 0.4) is 0 Å². The number of carboxylic acids is 1. The minimum atomic E-state index is -0.885. The summed E-state index contributed by atoms with van der Waals surface area (Å²) < 4.78 is 0. The van der Waals surface area contributed by atoms with E-state index in [-0.39, 0.29) is 63.8 Å². The average molecular weight is 800 g/mol. The first-order chi connectivity index (χ1) is 26.7. The van der Waals surface area contributed by atoms with Gasteiger partial charge in [0.05, 0.1) is 0 Å². The zero-order valence-corrected chi connectivity index (χ0v) is 42.0. The van der Waals surface area contributed by atoms with Crippen molar-refractivity contribution in [2.75, 3.05) is 13.1 Å². The van der Waals surface area contributed by atoms with Gasteiger partial charge in [0, 0.05) is 18.4 Å². The molecule has 0 aromatic carbocycles. The predicted molar refractivity (Wildman–Crippen MR) is 241 cm³/mol. The third kappa shape index (κ3) is 47.6. The molecule has 0 fully saturated rings. The molecule has 3 nitrogen and oxygen atoms in total. The van der Waals surface area contributed by atoms with Gasteiger partial charge >= 0.3 is 51.4 Å². The molecule has 0 saturated carbocycles. The Hall–Kier alpha value is 1.07. The molecule has 0 saturated heterocycles. The molecule has 0 rings (SSSR count). The van der Waals surface area contributed by atoms with Crippen LogP contribution in [-0.4, -0.2) is 30.0 Å². The molecule has 55 heavy (non-hydrogen) atoms. The van der Waals surface area contributed by atoms with Gasteiger partial charge in [0.1, 0.15) is 0 Å². The first kappa shape index (κ1) is 58.2. The summed E-state index contributed by atoms with van der Waals surface area (Å²) in [5.74, 6) is -0.885. The number of carbonyl (C=O) groups is 1. The molecule has 0 radical (unpaired) electrons. The van der Waals surface area contributed by atoms with Crippen molar-refractivity contribution >= 4 is 5.97 Å². The van der Waals surface area contributed by atoms with Gasteiger partial charge in [-0.25, -0.2) is 0 Å². The van der Waals surface area contributed by atoms with Crippen molar-refractivity contribution in [1.29, 1.82) is 0 Å². The van der Waals surface area contributed by atoms with E-state index in [1.165, 1.54) is 270 Å². The number of carboxylic acid groups (broad SMARTS) is 1. The van der Waals surface area contributed by atoms with Gasteiger partial charge in [-0.1, -0.05) is 278 Å². The molecular weight excluding hydrogens is 698 g/mol. The summed E-state index contributed by atoms with van der Waals surface area (Å²) in [5.41, 5.74) is 0. The van der Waals surface area contributed by atoms with E-state index in [0.29, 0.717) is 0 Å². The second kappa shape index (κ2) is 51.2. The van der Waals surface area contributed by atoms with E-state index in [0.717, 1.165) is 19.5 Å². The predicted octanol–water partition coefficient (Wildman–Crippen LogP) is 13.6. The van der Waals surface area contributed by atoms with Crippen LogP contribution in [0.15, 0.2) is 0 Å². The maximum absolute atomic E-state index is 11.5. The molecule has 0 aliphatic rings. The molecule has 324 valence electrons. The Labute approximate surface area is 391 Å². The van der Waals surface area contributed by atoms with Crippen LogP contribution in [0.5, 0.6) is 0 Å². The van der Waals surface area contributed by atoms with Crippen LogP contribution in [0.1, 0.15) is 303 Å². The Morgan fingerprint density at radius 3 is 0.691 bits per heavy atom. The Balaban J connectivity index is 0. The van der Waals surface area contributed by atoms with Crippen LogP contribution in [0.2, 0.25) is 0 Å². The number of carbonyl (C=O) groups excluding carboxylic acids is 1. The van der Waals surface area contributed by atoms with Crippen molar-refractivity contribution in [1.82, 2.24) is 4.90 Å². The van der Waals surface area contributed by atoms with Gasteiger partial charge < -0.3 is 14.8 Å². The maximum Gasteiger partial charge on any atom is 1.00 e. The van der Waals surface area contributed by atoms with Gasteiger partial charge in [-0.05, 0) is 32.4 Å². The Kier molecular flexibility index (Phi) is 54.1. The van der Waals surface area contributed by atoms with Crippen LogP contribution in [0.4, 0.5) is 0 Å². The standard InChI is InChI=1S/C51H103NO2.K/c1-4-7-9-11-13-15-17-19-21-23-25-27-29-31-33-35-37-39-41-43-45-47-52(50(6-3)49-51(53)54)48-46-44-42-40-38-36-34-32-30-28-26-24-22-20-18-16-14-12-10-8-5-2;/h50H,4-49H2,1-3H3,(H,53,54);/q;+1/p-1. The first-order valence-corrected chi connectivity index (χ1v) is 25.6. The van der Waals surface area contributed by atoms with Crippen LogP contribution in [-0.2, 0) is 4.79 Å². The monoisotopic (exact) mass is 800 g/mol. The molecular formula is C51H102KNO2. The molecule has 0 heterocycles. The zero-order chi connectivity index (χ0) is 39.3. The van der Waals surface area contributed by atoms with Gasteiger partial charge in [-0.15, -0.1) is 0 Å². The fourth-order valence-corrected chi connectivity index (χ4v) is 8.69. The van der Waals surface area contributed by atoms with E-state index < -0.39 is 5.97 Å². The van der Waals surface area contributed by atoms with Crippen molar-refractivity contribution in [3.63, 3.8) is 0 Å². The third-order valence-corrected chi connectivity index (χ3v) is 12.5. The summed E-state index contributed by atoms with van der Waals surface area (Å²) in [5, 5.41) is 11.5. The van der Waals surface area contributed by atoms with E-state index in [1.807, 2.05) is 0 Å². The summed E-state index contributed by atoms with van der Waals surface area (Å²) in [4.78, 5) is 14.0. The number of aliphatic carboxylic acids is 1. The number of nitrogens with zero attached hydrogens (tertiary/aromatic N) is 1. The number of hydrogen-bond donors (Lipinski definition) is 0. The van der Waals surface area contributed by atoms with Gasteiger partial charge in [0.25, 0.3) is 0 Å². The fourth-order valence-electron chi connectivity index (χ4n) is 8.69. The summed E-state index contributed by atoms with van der Waals surface area (Å²) in [6, 6.07) is 0.144. The molecule has 1 unspecified atom stereocenters. The summed E-state index contributed by atoms with van der Waals surface area (Å²) >= 11 is 0. The van der Waals surface area contributed by atoms with Crippen molar-refractivity contribution < 1.29 is 61.3 Å². The smallest absolute Gasteiger partial charge is 0.550 e. The summed E-state index contributed by atoms with van der Waals surface area (Å²) in [6.07, 6.45) is 60.4. The summed E-state index contributed by atoms with van der Waals surface area (Å²) in [6.45, 7) is 8.87. The van der Waals surface area contributed by atoms with Crippen LogP contribution in [0.25, 0.3) is 0 Å². The number of hydrogen-bond acceptors (Lipinski definition) is 3. The average Bonchev–Trinajstić information content (AvgIpc) is 3.17. The molecule has 0 aliphatic heterocycles. The minimum Gasteiger partial charge on any atom is -0.550 e. The fraction of sp³-hybridized carbons (Fsp3) is 0.980. The van der Waals surface area contributed by atoms with E-state index in [9.17, 15) is 9.90 Å². The molecule has 0 aromatic heterocycles. The summed E-state index contributed by atoms with van der Waals surface area (Å²) in [7, 11) is 0. The van der Waals surface area contributed by atoms with Gasteiger partial charge in [0.15, 0.2) is 0 Å². The molecule has 0 aromatic rings. The van der Waals surface area contributed by atoms with Crippen molar-refractivity contribution in [3.05, 3.63) is 0 Å². The van der Waals surface area contributed by atoms with Crippen LogP contribution in [0, 0.1) is 0 Å². The normalized spacial score (nSPS) is 12.1.